The number of fused-ring (bicyclic) bond motifs is 1. The Kier molecular flexibility index (Phi) is 3.12. The van der Waals surface area contributed by atoms with E-state index < -0.39 is 11.5 Å². The number of carboxylic acid groups (broad SMARTS) is 1. The number of benzene rings is 1. The van der Waals surface area contributed by atoms with Gasteiger partial charge in [0.1, 0.15) is 11.6 Å². The monoisotopic (exact) mass is 274 g/mol. The minimum absolute atomic E-state index is 0.217. The Morgan fingerprint density at radius 3 is 2.60 bits per heavy atom. The highest BCUT2D eigenvalue weighted by Gasteiger charge is 2.44. The molecule has 3 N–H and O–H groups in total. The Balaban J connectivity index is 1.71. The average molecular weight is 274 g/mol. The normalized spacial score (nSPS) is 22.9. The third kappa shape index (κ3) is 2.13. The minimum atomic E-state index is -1.06. The van der Waals surface area contributed by atoms with Gasteiger partial charge in [-0.2, -0.15) is 0 Å². The van der Waals surface area contributed by atoms with Crippen LogP contribution in [0, 0.1) is 0 Å². The molecule has 1 fully saturated rings. The largest absolute Gasteiger partial charge is 0.480 e. The van der Waals surface area contributed by atoms with E-state index >= 15 is 0 Å². The zero-order valence-corrected chi connectivity index (χ0v) is 11.2. The fourth-order valence-electron chi connectivity index (χ4n) is 3.15. The molecule has 5 nitrogen and oxygen atoms in total. The van der Waals surface area contributed by atoms with E-state index in [2.05, 4.69) is 10.6 Å². The summed E-state index contributed by atoms with van der Waals surface area (Å²) >= 11 is 0. The summed E-state index contributed by atoms with van der Waals surface area (Å²) in [4.78, 5) is 23.8. The molecule has 1 atom stereocenters. The van der Waals surface area contributed by atoms with E-state index in [-0.39, 0.29) is 11.9 Å². The second-order valence-corrected chi connectivity index (χ2v) is 5.64. The van der Waals surface area contributed by atoms with Crippen LogP contribution >= 0.6 is 0 Å². The van der Waals surface area contributed by atoms with Crippen molar-refractivity contribution in [2.45, 2.75) is 43.7 Å². The number of amides is 1. The van der Waals surface area contributed by atoms with Crippen molar-refractivity contribution in [2.75, 3.05) is 5.32 Å². The van der Waals surface area contributed by atoms with Crippen molar-refractivity contribution in [1.82, 2.24) is 5.32 Å². The standard InChI is InChI=1S/C15H18N2O3/c18-13(17-15(14(19)20)7-3-4-8-15)12-9-10-5-1-2-6-11(10)16-12/h1-2,5-6,12,16H,3-4,7-9H2,(H,17,18)(H,19,20). The lowest BCUT2D eigenvalue weighted by molar-refractivity contribution is -0.147. The highest BCUT2D eigenvalue weighted by Crippen LogP contribution is 2.31. The first kappa shape index (κ1) is 13.0. The van der Waals surface area contributed by atoms with Gasteiger partial charge in [0.25, 0.3) is 0 Å². The smallest absolute Gasteiger partial charge is 0.329 e. The summed E-state index contributed by atoms with van der Waals surface area (Å²) in [5.74, 6) is -1.13. The molecule has 1 amide bonds. The van der Waals surface area contributed by atoms with Gasteiger partial charge < -0.3 is 15.7 Å². The number of nitrogens with one attached hydrogen (secondary N) is 2. The zero-order valence-electron chi connectivity index (χ0n) is 11.2. The van der Waals surface area contributed by atoms with Crippen LogP contribution in [0.2, 0.25) is 0 Å². The second kappa shape index (κ2) is 4.81. The van der Waals surface area contributed by atoms with Gasteiger partial charge in [-0.25, -0.2) is 4.79 Å². The van der Waals surface area contributed by atoms with Crippen molar-refractivity contribution < 1.29 is 14.7 Å². The van der Waals surface area contributed by atoms with Gasteiger partial charge in [-0.1, -0.05) is 31.0 Å². The Bertz CT molecular complexity index is 525. The van der Waals surface area contributed by atoms with Crippen molar-refractivity contribution in [3.05, 3.63) is 29.8 Å². The van der Waals surface area contributed by atoms with Crippen molar-refractivity contribution in [1.29, 1.82) is 0 Å². The number of anilines is 1. The fraction of sp³-hybridized carbons (Fsp3) is 0.467. The van der Waals surface area contributed by atoms with Gasteiger partial charge in [0.05, 0.1) is 0 Å². The van der Waals surface area contributed by atoms with Gasteiger partial charge in [-0.05, 0) is 24.5 Å². The van der Waals surface area contributed by atoms with Crippen molar-refractivity contribution in [3.8, 4) is 0 Å². The van der Waals surface area contributed by atoms with Gasteiger partial charge in [-0.3, -0.25) is 4.79 Å². The molecular formula is C15H18N2O3. The molecule has 0 radical (unpaired) electrons. The highest BCUT2D eigenvalue weighted by atomic mass is 16.4. The second-order valence-electron chi connectivity index (χ2n) is 5.64. The summed E-state index contributed by atoms with van der Waals surface area (Å²) in [6.45, 7) is 0. The van der Waals surface area contributed by atoms with E-state index in [9.17, 15) is 14.7 Å². The average Bonchev–Trinajstić information content (AvgIpc) is 3.05. The van der Waals surface area contributed by atoms with Crippen LogP contribution < -0.4 is 10.6 Å². The van der Waals surface area contributed by atoms with Crippen LogP contribution in [0.3, 0.4) is 0 Å². The summed E-state index contributed by atoms with van der Waals surface area (Å²) in [5, 5.41) is 15.3. The van der Waals surface area contributed by atoms with Crippen LogP contribution in [0.1, 0.15) is 31.2 Å². The maximum absolute atomic E-state index is 12.3. The van der Waals surface area contributed by atoms with Crippen LogP contribution in [-0.4, -0.2) is 28.6 Å². The summed E-state index contributed by atoms with van der Waals surface area (Å²) < 4.78 is 0. The molecule has 0 spiro atoms. The zero-order chi connectivity index (χ0) is 14.2. The minimum Gasteiger partial charge on any atom is -0.480 e. The van der Waals surface area contributed by atoms with Crippen LogP contribution in [0.15, 0.2) is 24.3 Å². The van der Waals surface area contributed by atoms with E-state index in [1.54, 1.807) is 0 Å². The Hall–Kier alpha value is -2.04. The predicted molar refractivity (Wildman–Crippen MR) is 74.5 cm³/mol. The van der Waals surface area contributed by atoms with Crippen LogP contribution in [0.25, 0.3) is 0 Å². The number of para-hydroxylation sites is 1. The number of aliphatic carboxylic acids is 1. The van der Waals surface area contributed by atoms with Crippen molar-refractivity contribution in [3.63, 3.8) is 0 Å². The predicted octanol–water partition coefficient (Wildman–Crippen LogP) is 1.54. The third-order valence-electron chi connectivity index (χ3n) is 4.32. The van der Waals surface area contributed by atoms with Gasteiger partial charge in [0.15, 0.2) is 0 Å². The molecule has 1 aromatic carbocycles. The molecule has 3 rings (SSSR count). The van der Waals surface area contributed by atoms with Crippen molar-refractivity contribution in [2.24, 2.45) is 0 Å². The number of carbonyl (C=O) groups is 2. The Labute approximate surface area is 117 Å². The molecule has 0 aromatic heterocycles. The van der Waals surface area contributed by atoms with E-state index in [0.717, 1.165) is 24.1 Å². The molecule has 1 aliphatic heterocycles. The molecule has 0 saturated heterocycles. The number of hydrogen-bond donors (Lipinski definition) is 3. The lowest BCUT2D eigenvalue weighted by atomic mass is 9.97. The lowest BCUT2D eigenvalue weighted by Gasteiger charge is -2.27. The molecule has 2 aliphatic rings. The topological polar surface area (TPSA) is 78.4 Å². The van der Waals surface area contributed by atoms with Gasteiger partial charge in [0, 0.05) is 12.1 Å². The highest BCUT2D eigenvalue weighted by molar-refractivity contribution is 5.92. The quantitative estimate of drug-likeness (QED) is 0.781. The Morgan fingerprint density at radius 1 is 1.25 bits per heavy atom. The third-order valence-corrected chi connectivity index (χ3v) is 4.32. The Morgan fingerprint density at radius 2 is 1.95 bits per heavy atom. The lowest BCUT2D eigenvalue weighted by Crippen LogP contribution is -2.56. The molecule has 106 valence electrons. The van der Waals surface area contributed by atoms with E-state index in [4.69, 9.17) is 0 Å². The van der Waals surface area contributed by atoms with Gasteiger partial charge in [0.2, 0.25) is 5.91 Å². The summed E-state index contributed by atoms with van der Waals surface area (Å²) in [5.41, 5.74) is 1.000. The summed E-state index contributed by atoms with van der Waals surface area (Å²) in [7, 11) is 0. The molecule has 1 aliphatic carbocycles. The summed E-state index contributed by atoms with van der Waals surface area (Å²) in [6, 6.07) is 7.41. The number of carboxylic acids is 1. The summed E-state index contributed by atoms with van der Waals surface area (Å²) in [6.07, 6.45) is 3.36. The van der Waals surface area contributed by atoms with E-state index in [0.29, 0.717) is 19.3 Å². The SMILES string of the molecule is O=C(NC1(C(=O)O)CCCC1)C1Cc2ccccc2N1. The number of carbonyl (C=O) groups excluding carboxylic acids is 1. The maximum Gasteiger partial charge on any atom is 0.329 e. The molecular weight excluding hydrogens is 256 g/mol. The first-order valence-corrected chi connectivity index (χ1v) is 7.01. The van der Waals surface area contributed by atoms with Gasteiger partial charge >= 0.3 is 5.97 Å². The molecule has 5 heteroatoms. The fourth-order valence-corrected chi connectivity index (χ4v) is 3.15. The molecule has 1 heterocycles. The van der Waals surface area contributed by atoms with E-state index in [1.165, 1.54) is 0 Å². The molecule has 1 aromatic rings. The van der Waals surface area contributed by atoms with Crippen molar-refractivity contribution >= 4 is 17.6 Å². The number of hydrogen-bond acceptors (Lipinski definition) is 3. The van der Waals surface area contributed by atoms with Crippen LogP contribution in [0.5, 0.6) is 0 Å². The first-order chi connectivity index (χ1) is 9.61. The molecule has 20 heavy (non-hydrogen) atoms. The van der Waals surface area contributed by atoms with E-state index in [1.807, 2.05) is 24.3 Å². The van der Waals surface area contributed by atoms with Crippen LogP contribution in [-0.2, 0) is 16.0 Å². The molecule has 0 bridgehead atoms. The van der Waals surface area contributed by atoms with Crippen LogP contribution in [0.4, 0.5) is 5.69 Å². The molecule has 1 saturated carbocycles. The molecule has 1 unspecified atom stereocenters. The maximum atomic E-state index is 12.3. The first-order valence-electron chi connectivity index (χ1n) is 7.01. The number of rotatable bonds is 3. The van der Waals surface area contributed by atoms with Gasteiger partial charge in [-0.15, -0.1) is 0 Å².